The molecular formula is C26H27N3O4. The van der Waals surface area contributed by atoms with Gasteiger partial charge in [-0.05, 0) is 36.6 Å². The van der Waals surface area contributed by atoms with E-state index in [-0.39, 0.29) is 12.5 Å². The number of fused-ring (bicyclic) bond motifs is 1. The number of ether oxygens (including phenoxy) is 1. The molecule has 3 aromatic carbocycles. The van der Waals surface area contributed by atoms with E-state index in [1.165, 1.54) is 0 Å². The Bertz CT molecular complexity index is 1100. The van der Waals surface area contributed by atoms with E-state index in [0.29, 0.717) is 24.4 Å². The Hall–Kier alpha value is -3.68. The lowest BCUT2D eigenvalue weighted by Gasteiger charge is -2.27. The normalized spacial score (nSPS) is 16.4. The van der Waals surface area contributed by atoms with E-state index < -0.39 is 18.0 Å². The number of hydrogen-bond donors (Lipinski definition) is 3. The Labute approximate surface area is 193 Å². The fourth-order valence-electron chi connectivity index (χ4n) is 3.91. The number of nitrogens with one attached hydrogen (secondary N) is 2. The Morgan fingerprint density at radius 3 is 2.45 bits per heavy atom. The monoisotopic (exact) mass is 445 g/mol. The third kappa shape index (κ3) is 5.39. The van der Waals surface area contributed by atoms with Gasteiger partial charge in [-0.3, -0.25) is 20.1 Å². The molecule has 0 bridgehead atoms. The van der Waals surface area contributed by atoms with Gasteiger partial charge >= 0.3 is 0 Å². The zero-order chi connectivity index (χ0) is 23.2. The van der Waals surface area contributed by atoms with Crippen molar-refractivity contribution in [3.8, 4) is 5.75 Å². The summed E-state index contributed by atoms with van der Waals surface area (Å²) in [6, 6.07) is 23.2. The molecule has 2 amide bonds. The van der Waals surface area contributed by atoms with E-state index in [0.717, 1.165) is 16.7 Å². The molecule has 3 aromatic rings. The van der Waals surface area contributed by atoms with Gasteiger partial charge in [0.15, 0.2) is 0 Å². The SMILES string of the molecule is Cc1ccc(CN2C(=O)[C@@H](N[C@@H](Cc3ccccc3)C(=O)NO)COc3ccccc32)cc1. The number of hydrogen-bond acceptors (Lipinski definition) is 5. The summed E-state index contributed by atoms with van der Waals surface area (Å²) in [6.07, 6.45) is 0.307. The highest BCUT2D eigenvalue weighted by Crippen LogP contribution is 2.32. The van der Waals surface area contributed by atoms with Crippen molar-refractivity contribution in [2.45, 2.75) is 32.0 Å². The predicted octanol–water partition coefficient (Wildman–Crippen LogP) is 3.00. The summed E-state index contributed by atoms with van der Waals surface area (Å²) in [7, 11) is 0. The average Bonchev–Trinajstić information content (AvgIpc) is 2.97. The molecular weight excluding hydrogens is 418 g/mol. The zero-order valence-electron chi connectivity index (χ0n) is 18.4. The standard InChI is InChI=1S/C26H27N3O4/c1-18-11-13-20(14-12-18)16-29-23-9-5-6-10-24(23)33-17-22(26(29)31)27-21(25(30)28-32)15-19-7-3-2-4-8-19/h2-14,21-22,27,32H,15-17H2,1H3,(H,28,30)/t21-,22-/m0/s1. The first kappa shape index (κ1) is 22.5. The van der Waals surface area contributed by atoms with E-state index in [2.05, 4.69) is 5.32 Å². The molecule has 0 aromatic heterocycles. The minimum atomic E-state index is -0.822. The van der Waals surface area contributed by atoms with Crippen LogP contribution >= 0.6 is 0 Å². The molecule has 2 atom stereocenters. The molecule has 0 fully saturated rings. The van der Waals surface area contributed by atoms with Crippen molar-refractivity contribution >= 4 is 17.5 Å². The lowest BCUT2D eigenvalue weighted by Crippen LogP contribution is -2.56. The molecule has 1 aliphatic rings. The molecule has 0 aliphatic carbocycles. The lowest BCUT2D eigenvalue weighted by molar-refractivity contribution is -0.132. The molecule has 7 heteroatoms. The number of anilines is 1. The molecule has 0 unspecified atom stereocenters. The summed E-state index contributed by atoms with van der Waals surface area (Å²) < 4.78 is 5.96. The molecule has 0 spiro atoms. The van der Waals surface area contributed by atoms with Crippen LogP contribution in [0.2, 0.25) is 0 Å². The van der Waals surface area contributed by atoms with Crippen LogP contribution in [0.5, 0.6) is 5.75 Å². The average molecular weight is 446 g/mol. The van der Waals surface area contributed by atoms with Gasteiger partial charge in [-0.15, -0.1) is 0 Å². The number of amides is 2. The van der Waals surface area contributed by atoms with Crippen molar-refractivity contribution in [2.24, 2.45) is 0 Å². The van der Waals surface area contributed by atoms with Gasteiger partial charge in [-0.1, -0.05) is 72.3 Å². The third-order valence-electron chi connectivity index (χ3n) is 5.70. The zero-order valence-corrected chi connectivity index (χ0v) is 18.4. The van der Waals surface area contributed by atoms with Crippen molar-refractivity contribution < 1.29 is 19.5 Å². The number of carbonyl (C=O) groups is 2. The second-order valence-electron chi connectivity index (χ2n) is 8.13. The highest BCUT2D eigenvalue weighted by molar-refractivity contribution is 5.99. The molecule has 0 saturated heterocycles. The first-order valence-electron chi connectivity index (χ1n) is 10.9. The number of benzene rings is 3. The van der Waals surface area contributed by atoms with E-state index in [9.17, 15) is 14.8 Å². The second-order valence-corrected chi connectivity index (χ2v) is 8.13. The molecule has 7 nitrogen and oxygen atoms in total. The van der Waals surface area contributed by atoms with E-state index in [4.69, 9.17) is 4.74 Å². The van der Waals surface area contributed by atoms with Crippen LogP contribution in [-0.4, -0.2) is 35.7 Å². The summed E-state index contributed by atoms with van der Waals surface area (Å²) in [4.78, 5) is 27.8. The number of nitrogens with zero attached hydrogens (tertiary/aromatic N) is 1. The largest absolute Gasteiger partial charge is 0.489 e. The lowest BCUT2D eigenvalue weighted by atomic mass is 10.0. The van der Waals surface area contributed by atoms with Gasteiger partial charge < -0.3 is 9.64 Å². The van der Waals surface area contributed by atoms with Crippen molar-refractivity contribution in [1.82, 2.24) is 10.8 Å². The highest BCUT2D eigenvalue weighted by atomic mass is 16.5. The number of rotatable bonds is 7. The maximum Gasteiger partial charge on any atom is 0.260 e. The minimum Gasteiger partial charge on any atom is -0.489 e. The fraction of sp³-hybridized carbons (Fsp3) is 0.231. The van der Waals surface area contributed by atoms with Gasteiger partial charge in [0.25, 0.3) is 5.91 Å². The summed E-state index contributed by atoms with van der Waals surface area (Å²) in [5.41, 5.74) is 5.42. The Balaban J connectivity index is 1.61. The first-order chi connectivity index (χ1) is 16.0. The van der Waals surface area contributed by atoms with Crippen LogP contribution in [0.4, 0.5) is 5.69 Å². The van der Waals surface area contributed by atoms with E-state index in [1.807, 2.05) is 85.8 Å². The Kier molecular flexibility index (Phi) is 7.02. The highest BCUT2D eigenvalue weighted by Gasteiger charge is 2.34. The number of para-hydroxylation sites is 2. The number of hydroxylamine groups is 1. The fourth-order valence-corrected chi connectivity index (χ4v) is 3.91. The summed E-state index contributed by atoms with van der Waals surface area (Å²) in [5.74, 6) is -0.212. The third-order valence-corrected chi connectivity index (χ3v) is 5.70. The predicted molar refractivity (Wildman–Crippen MR) is 125 cm³/mol. The summed E-state index contributed by atoms with van der Waals surface area (Å²) in [6.45, 7) is 2.44. The van der Waals surface area contributed by atoms with Gasteiger partial charge in [-0.2, -0.15) is 0 Å². The summed E-state index contributed by atoms with van der Waals surface area (Å²) >= 11 is 0. The molecule has 33 heavy (non-hydrogen) atoms. The topological polar surface area (TPSA) is 90.9 Å². The molecule has 3 N–H and O–H groups in total. The van der Waals surface area contributed by atoms with E-state index >= 15 is 0 Å². The van der Waals surface area contributed by atoms with E-state index in [1.54, 1.807) is 10.4 Å². The minimum absolute atomic E-state index is 0.0598. The van der Waals surface area contributed by atoms with Gasteiger partial charge in [0.05, 0.1) is 18.3 Å². The van der Waals surface area contributed by atoms with Crippen molar-refractivity contribution in [2.75, 3.05) is 11.5 Å². The summed E-state index contributed by atoms with van der Waals surface area (Å²) in [5, 5.41) is 12.4. The molecule has 0 saturated carbocycles. The van der Waals surface area contributed by atoms with Crippen LogP contribution in [0.1, 0.15) is 16.7 Å². The van der Waals surface area contributed by atoms with Crippen LogP contribution in [-0.2, 0) is 22.6 Å². The van der Waals surface area contributed by atoms with Crippen LogP contribution in [0.15, 0.2) is 78.9 Å². The van der Waals surface area contributed by atoms with Gasteiger partial charge in [0, 0.05) is 0 Å². The quantitative estimate of drug-likeness (QED) is 0.384. The maximum absolute atomic E-state index is 13.7. The van der Waals surface area contributed by atoms with Gasteiger partial charge in [0.2, 0.25) is 5.91 Å². The number of carbonyl (C=O) groups excluding carboxylic acids is 2. The van der Waals surface area contributed by atoms with Gasteiger partial charge in [-0.25, -0.2) is 5.48 Å². The van der Waals surface area contributed by atoms with Crippen LogP contribution < -0.4 is 20.4 Å². The molecule has 1 aliphatic heterocycles. The van der Waals surface area contributed by atoms with Crippen LogP contribution in [0, 0.1) is 6.92 Å². The van der Waals surface area contributed by atoms with Crippen LogP contribution in [0.25, 0.3) is 0 Å². The molecule has 4 rings (SSSR count). The van der Waals surface area contributed by atoms with Crippen molar-refractivity contribution in [3.05, 3.63) is 95.6 Å². The molecule has 170 valence electrons. The van der Waals surface area contributed by atoms with Crippen molar-refractivity contribution in [1.29, 1.82) is 0 Å². The molecule has 0 radical (unpaired) electrons. The van der Waals surface area contributed by atoms with Crippen LogP contribution in [0.3, 0.4) is 0 Å². The Morgan fingerprint density at radius 2 is 1.73 bits per heavy atom. The Morgan fingerprint density at radius 1 is 1.03 bits per heavy atom. The first-order valence-corrected chi connectivity index (χ1v) is 10.9. The molecule has 1 heterocycles. The number of aryl methyl sites for hydroxylation is 1. The van der Waals surface area contributed by atoms with Crippen molar-refractivity contribution in [3.63, 3.8) is 0 Å². The maximum atomic E-state index is 13.7. The smallest absolute Gasteiger partial charge is 0.260 e. The van der Waals surface area contributed by atoms with Gasteiger partial charge in [0.1, 0.15) is 18.4 Å². The second kappa shape index (κ2) is 10.3.